The number of anilines is 1. The van der Waals surface area contributed by atoms with Crippen LogP contribution in [0.3, 0.4) is 0 Å². The van der Waals surface area contributed by atoms with Crippen LogP contribution in [0.15, 0.2) is 18.3 Å². The smallest absolute Gasteiger partial charge is 0.312 e. The van der Waals surface area contributed by atoms with Gasteiger partial charge >= 0.3 is 11.8 Å². The Balaban J connectivity index is 2.05. The highest BCUT2D eigenvalue weighted by Crippen LogP contribution is 2.14. The largest absolute Gasteiger partial charge is 0.385 e. The van der Waals surface area contributed by atoms with E-state index in [-0.39, 0.29) is 6.04 Å². The van der Waals surface area contributed by atoms with Crippen LogP contribution >= 0.6 is 0 Å². The van der Waals surface area contributed by atoms with E-state index < -0.39 is 11.8 Å². The van der Waals surface area contributed by atoms with Crippen molar-refractivity contribution in [3.8, 4) is 0 Å². The van der Waals surface area contributed by atoms with Crippen LogP contribution in [0.4, 0.5) is 5.69 Å². The summed E-state index contributed by atoms with van der Waals surface area (Å²) in [6.45, 7) is 8.19. The third kappa shape index (κ3) is 3.51. The Hall–Kier alpha value is -2.11. The van der Waals surface area contributed by atoms with Gasteiger partial charge in [-0.3, -0.25) is 14.6 Å². The number of nitrogens with zero attached hydrogens (tertiary/aromatic N) is 3. The molecule has 1 aromatic heterocycles. The van der Waals surface area contributed by atoms with Crippen molar-refractivity contribution in [2.24, 2.45) is 0 Å². The standard InChI is InChI=1S/C15H22N4O2/c1-4-16-12-5-6-17-13(9-12)10-18-7-8-19(11(2)3)15(21)14(18)20/h5-6,9,11H,4,7-8,10H2,1-3H3,(H,16,17). The Kier molecular flexibility index (Phi) is 4.77. The molecule has 6 heteroatoms. The molecule has 1 N–H and O–H groups in total. The maximum atomic E-state index is 12.1. The summed E-state index contributed by atoms with van der Waals surface area (Å²) in [5.41, 5.74) is 1.76. The maximum Gasteiger partial charge on any atom is 0.312 e. The molecule has 0 aromatic carbocycles. The minimum Gasteiger partial charge on any atom is -0.385 e. The van der Waals surface area contributed by atoms with Gasteiger partial charge in [0.05, 0.1) is 12.2 Å². The Morgan fingerprint density at radius 1 is 1.29 bits per heavy atom. The molecule has 1 saturated heterocycles. The van der Waals surface area contributed by atoms with Crippen LogP contribution in [0, 0.1) is 0 Å². The lowest BCUT2D eigenvalue weighted by Crippen LogP contribution is -2.55. The first-order chi connectivity index (χ1) is 10.0. The number of amides is 2. The van der Waals surface area contributed by atoms with E-state index in [2.05, 4.69) is 10.3 Å². The van der Waals surface area contributed by atoms with Crippen LogP contribution in [0.1, 0.15) is 26.5 Å². The molecule has 1 aliphatic rings. The zero-order valence-corrected chi connectivity index (χ0v) is 12.8. The van der Waals surface area contributed by atoms with E-state index in [1.165, 1.54) is 0 Å². The van der Waals surface area contributed by atoms with Crippen molar-refractivity contribution in [1.29, 1.82) is 0 Å². The minimum atomic E-state index is -0.439. The lowest BCUT2D eigenvalue weighted by Gasteiger charge is -2.35. The molecule has 0 unspecified atom stereocenters. The van der Waals surface area contributed by atoms with Crippen LogP contribution in [0.5, 0.6) is 0 Å². The molecule has 1 aromatic rings. The lowest BCUT2D eigenvalue weighted by molar-refractivity contribution is -0.157. The molecular formula is C15H22N4O2. The summed E-state index contributed by atoms with van der Waals surface area (Å²) in [5.74, 6) is -0.857. The zero-order chi connectivity index (χ0) is 15.4. The molecule has 0 bridgehead atoms. The summed E-state index contributed by atoms with van der Waals surface area (Å²) in [7, 11) is 0. The van der Waals surface area contributed by atoms with Gasteiger partial charge in [-0.25, -0.2) is 0 Å². The van der Waals surface area contributed by atoms with Gasteiger partial charge in [0.2, 0.25) is 0 Å². The highest BCUT2D eigenvalue weighted by Gasteiger charge is 2.33. The average molecular weight is 290 g/mol. The summed E-state index contributed by atoms with van der Waals surface area (Å²) < 4.78 is 0. The number of carbonyl (C=O) groups is 2. The van der Waals surface area contributed by atoms with Gasteiger partial charge in [0.15, 0.2) is 0 Å². The van der Waals surface area contributed by atoms with Crippen LogP contribution in [0.2, 0.25) is 0 Å². The molecular weight excluding hydrogens is 268 g/mol. The van der Waals surface area contributed by atoms with Gasteiger partial charge in [-0.05, 0) is 32.9 Å². The fourth-order valence-corrected chi connectivity index (χ4v) is 2.41. The van der Waals surface area contributed by atoms with E-state index in [1.807, 2.05) is 32.9 Å². The number of carbonyl (C=O) groups excluding carboxylic acids is 2. The molecule has 114 valence electrons. The second-order valence-corrected chi connectivity index (χ2v) is 5.39. The van der Waals surface area contributed by atoms with Crippen LogP contribution in [0.25, 0.3) is 0 Å². The van der Waals surface area contributed by atoms with Crippen LogP contribution in [-0.4, -0.2) is 52.3 Å². The number of hydrogen-bond acceptors (Lipinski definition) is 4. The van der Waals surface area contributed by atoms with E-state index in [0.29, 0.717) is 19.6 Å². The fraction of sp³-hybridized carbons (Fsp3) is 0.533. The van der Waals surface area contributed by atoms with Gasteiger partial charge in [0, 0.05) is 37.6 Å². The van der Waals surface area contributed by atoms with Crippen molar-refractivity contribution in [2.75, 3.05) is 25.0 Å². The molecule has 0 aliphatic carbocycles. The summed E-state index contributed by atoms with van der Waals surface area (Å²) in [5, 5.41) is 3.21. The normalized spacial score (nSPS) is 15.8. The third-order valence-electron chi connectivity index (χ3n) is 3.52. The number of nitrogens with one attached hydrogen (secondary N) is 1. The predicted octanol–water partition coefficient (Wildman–Crippen LogP) is 1.09. The number of aromatic nitrogens is 1. The molecule has 21 heavy (non-hydrogen) atoms. The summed E-state index contributed by atoms with van der Waals surface area (Å²) in [6, 6.07) is 3.85. The van der Waals surface area contributed by atoms with Gasteiger partial charge in [-0.2, -0.15) is 0 Å². The van der Waals surface area contributed by atoms with Gasteiger partial charge in [0.1, 0.15) is 0 Å². The first-order valence-electron chi connectivity index (χ1n) is 7.31. The highest BCUT2D eigenvalue weighted by atomic mass is 16.2. The summed E-state index contributed by atoms with van der Waals surface area (Å²) in [6.07, 6.45) is 1.71. The lowest BCUT2D eigenvalue weighted by atomic mass is 10.2. The first-order valence-corrected chi connectivity index (χ1v) is 7.31. The predicted molar refractivity (Wildman–Crippen MR) is 80.7 cm³/mol. The van der Waals surface area contributed by atoms with Crippen molar-refractivity contribution in [3.63, 3.8) is 0 Å². The van der Waals surface area contributed by atoms with Crippen molar-refractivity contribution in [1.82, 2.24) is 14.8 Å². The average Bonchev–Trinajstić information content (AvgIpc) is 2.44. The minimum absolute atomic E-state index is 0.0545. The Morgan fingerprint density at radius 3 is 2.71 bits per heavy atom. The molecule has 0 saturated carbocycles. The summed E-state index contributed by atoms with van der Waals surface area (Å²) in [4.78, 5) is 31.6. The van der Waals surface area contributed by atoms with Crippen molar-refractivity contribution in [2.45, 2.75) is 33.4 Å². The van der Waals surface area contributed by atoms with Gasteiger partial charge in [-0.1, -0.05) is 0 Å². The molecule has 1 fully saturated rings. The molecule has 0 spiro atoms. The first kappa shape index (κ1) is 15.3. The maximum absolute atomic E-state index is 12.1. The number of pyridine rings is 1. The number of rotatable bonds is 5. The topological polar surface area (TPSA) is 65.5 Å². The third-order valence-corrected chi connectivity index (χ3v) is 3.52. The molecule has 0 atom stereocenters. The highest BCUT2D eigenvalue weighted by molar-refractivity contribution is 6.35. The Morgan fingerprint density at radius 2 is 2.05 bits per heavy atom. The van der Waals surface area contributed by atoms with Crippen LogP contribution < -0.4 is 5.32 Å². The van der Waals surface area contributed by atoms with Crippen molar-refractivity contribution < 1.29 is 9.59 Å². The van der Waals surface area contributed by atoms with Gasteiger partial charge < -0.3 is 15.1 Å². The SMILES string of the molecule is CCNc1ccnc(CN2CCN(C(C)C)C(=O)C2=O)c1. The number of hydrogen-bond donors (Lipinski definition) is 1. The monoisotopic (exact) mass is 290 g/mol. The molecule has 1 aliphatic heterocycles. The van der Waals surface area contributed by atoms with Crippen molar-refractivity contribution in [3.05, 3.63) is 24.0 Å². The molecule has 2 amide bonds. The molecule has 6 nitrogen and oxygen atoms in total. The van der Waals surface area contributed by atoms with Crippen LogP contribution in [-0.2, 0) is 16.1 Å². The second-order valence-electron chi connectivity index (χ2n) is 5.39. The van der Waals surface area contributed by atoms with E-state index >= 15 is 0 Å². The Bertz CT molecular complexity index is 530. The zero-order valence-electron chi connectivity index (χ0n) is 12.8. The molecule has 0 radical (unpaired) electrons. The second kappa shape index (κ2) is 6.56. The molecule has 2 heterocycles. The van der Waals surface area contributed by atoms with E-state index in [1.54, 1.807) is 16.0 Å². The van der Waals surface area contributed by atoms with Gasteiger partial charge in [0.25, 0.3) is 0 Å². The fourth-order valence-electron chi connectivity index (χ4n) is 2.41. The van der Waals surface area contributed by atoms with E-state index in [4.69, 9.17) is 0 Å². The quantitative estimate of drug-likeness (QED) is 0.825. The van der Waals surface area contributed by atoms with Crippen molar-refractivity contribution >= 4 is 17.5 Å². The molecule has 2 rings (SSSR count). The Labute approximate surface area is 125 Å². The summed E-state index contributed by atoms with van der Waals surface area (Å²) >= 11 is 0. The van der Waals surface area contributed by atoms with E-state index in [9.17, 15) is 9.59 Å². The van der Waals surface area contributed by atoms with Gasteiger partial charge in [-0.15, -0.1) is 0 Å². The number of piperazine rings is 1. The van der Waals surface area contributed by atoms with E-state index in [0.717, 1.165) is 17.9 Å².